The van der Waals surface area contributed by atoms with Gasteiger partial charge in [-0.15, -0.1) is 0 Å². The highest BCUT2D eigenvalue weighted by Gasteiger charge is 2.23. The Morgan fingerprint density at radius 2 is 1.87 bits per heavy atom. The molecule has 0 radical (unpaired) electrons. The minimum atomic E-state index is -0.582. The van der Waals surface area contributed by atoms with Crippen molar-refractivity contribution in [2.45, 2.75) is 77.9 Å². The summed E-state index contributed by atoms with van der Waals surface area (Å²) in [6.45, 7) is 5.13. The standard InChI is InChI=1S/C18H32O5/c1-3-21-18(20)16(15(2)19)11-7-5-4-6-9-13-22-17-12-8-10-14-23-17/h16-17H,3-14H2,1-2H3. The maximum absolute atomic E-state index is 11.7. The van der Waals surface area contributed by atoms with Crippen molar-refractivity contribution in [2.24, 2.45) is 5.92 Å². The first kappa shape index (κ1) is 20.1. The van der Waals surface area contributed by atoms with Crippen molar-refractivity contribution in [3.8, 4) is 0 Å². The first-order valence-corrected chi connectivity index (χ1v) is 9.05. The molecule has 0 aromatic heterocycles. The second kappa shape index (κ2) is 12.5. The monoisotopic (exact) mass is 328 g/mol. The molecule has 1 fully saturated rings. The number of unbranched alkanes of at least 4 members (excludes halogenated alkanes) is 4. The molecule has 134 valence electrons. The Labute approximate surface area is 140 Å². The lowest BCUT2D eigenvalue weighted by Gasteiger charge is -2.22. The van der Waals surface area contributed by atoms with E-state index in [9.17, 15) is 9.59 Å². The zero-order valence-electron chi connectivity index (χ0n) is 14.7. The van der Waals surface area contributed by atoms with Gasteiger partial charge in [-0.25, -0.2) is 0 Å². The zero-order chi connectivity index (χ0) is 16.9. The van der Waals surface area contributed by atoms with Crippen molar-refractivity contribution in [3.63, 3.8) is 0 Å². The van der Waals surface area contributed by atoms with Gasteiger partial charge in [-0.3, -0.25) is 9.59 Å². The summed E-state index contributed by atoms with van der Waals surface area (Å²) in [7, 11) is 0. The molecule has 0 spiro atoms. The van der Waals surface area contributed by atoms with Gasteiger partial charge in [0.15, 0.2) is 6.29 Å². The normalized spacial score (nSPS) is 19.3. The number of esters is 1. The number of carbonyl (C=O) groups is 2. The van der Waals surface area contributed by atoms with Crippen LogP contribution in [0.3, 0.4) is 0 Å². The Morgan fingerprint density at radius 1 is 1.13 bits per heavy atom. The molecule has 0 bridgehead atoms. The van der Waals surface area contributed by atoms with E-state index < -0.39 is 5.92 Å². The summed E-state index contributed by atoms with van der Waals surface area (Å²) >= 11 is 0. The molecule has 5 nitrogen and oxygen atoms in total. The Kier molecular flexibility index (Phi) is 10.9. The molecule has 2 atom stereocenters. The fourth-order valence-corrected chi connectivity index (χ4v) is 2.77. The van der Waals surface area contributed by atoms with Crippen LogP contribution < -0.4 is 0 Å². The first-order chi connectivity index (χ1) is 11.1. The topological polar surface area (TPSA) is 61.8 Å². The van der Waals surface area contributed by atoms with Gasteiger partial charge in [0.1, 0.15) is 11.7 Å². The summed E-state index contributed by atoms with van der Waals surface area (Å²) in [5, 5.41) is 0. The molecule has 0 amide bonds. The van der Waals surface area contributed by atoms with Crippen molar-refractivity contribution in [1.82, 2.24) is 0 Å². The zero-order valence-corrected chi connectivity index (χ0v) is 14.7. The van der Waals surface area contributed by atoms with Crippen LogP contribution in [-0.2, 0) is 23.8 Å². The molecule has 0 N–H and O–H groups in total. The molecule has 5 heteroatoms. The highest BCUT2D eigenvalue weighted by atomic mass is 16.7. The van der Waals surface area contributed by atoms with E-state index in [4.69, 9.17) is 14.2 Å². The Morgan fingerprint density at radius 3 is 2.52 bits per heavy atom. The molecule has 1 aliphatic heterocycles. The molecule has 2 unspecified atom stereocenters. The van der Waals surface area contributed by atoms with Gasteiger partial charge in [0, 0.05) is 13.2 Å². The van der Waals surface area contributed by atoms with Crippen LogP contribution >= 0.6 is 0 Å². The highest BCUT2D eigenvalue weighted by Crippen LogP contribution is 2.16. The largest absolute Gasteiger partial charge is 0.465 e. The average molecular weight is 328 g/mol. The van der Waals surface area contributed by atoms with Crippen LogP contribution in [0.5, 0.6) is 0 Å². The van der Waals surface area contributed by atoms with Gasteiger partial charge >= 0.3 is 5.97 Å². The SMILES string of the molecule is CCOC(=O)C(CCCCCCCOC1CCCCO1)C(C)=O. The van der Waals surface area contributed by atoms with Crippen LogP contribution in [-0.4, -0.2) is 37.9 Å². The molecular weight excluding hydrogens is 296 g/mol. The van der Waals surface area contributed by atoms with Crippen LogP contribution in [0, 0.1) is 5.92 Å². The second-order valence-electron chi connectivity index (χ2n) is 6.14. The lowest BCUT2D eigenvalue weighted by Crippen LogP contribution is -2.24. The third-order valence-electron chi connectivity index (χ3n) is 4.14. The van der Waals surface area contributed by atoms with E-state index in [1.165, 1.54) is 13.3 Å². The molecular formula is C18H32O5. The first-order valence-electron chi connectivity index (χ1n) is 9.05. The Balaban J connectivity index is 1.98. The van der Waals surface area contributed by atoms with Crippen LogP contribution in [0.1, 0.15) is 71.6 Å². The number of rotatable bonds is 12. The van der Waals surface area contributed by atoms with Gasteiger partial charge in [-0.2, -0.15) is 0 Å². The predicted molar refractivity (Wildman–Crippen MR) is 88.0 cm³/mol. The number of ketones is 1. The van der Waals surface area contributed by atoms with E-state index in [-0.39, 0.29) is 18.0 Å². The van der Waals surface area contributed by atoms with E-state index in [1.807, 2.05) is 0 Å². The maximum Gasteiger partial charge on any atom is 0.316 e. The number of carbonyl (C=O) groups excluding carboxylic acids is 2. The molecule has 0 aromatic rings. The Hall–Kier alpha value is -0.940. The van der Waals surface area contributed by atoms with E-state index in [0.717, 1.165) is 58.2 Å². The van der Waals surface area contributed by atoms with Crippen molar-refractivity contribution in [2.75, 3.05) is 19.8 Å². The van der Waals surface area contributed by atoms with Gasteiger partial charge in [0.25, 0.3) is 0 Å². The van der Waals surface area contributed by atoms with Crippen molar-refractivity contribution < 1.29 is 23.8 Å². The highest BCUT2D eigenvalue weighted by molar-refractivity contribution is 5.97. The molecule has 0 saturated carbocycles. The number of hydrogen-bond acceptors (Lipinski definition) is 5. The number of hydrogen-bond donors (Lipinski definition) is 0. The summed E-state index contributed by atoms with van der Waals surface area (Å²) < 4.78 is 16.2. The van der Waals surface area contributed by atoms with Crippen LogP contribution in [0.4, 0.5) is 0 Å². The van der Waals surface area contributed by atoms with Crippen molar-refractivity contribution in [3.05, 3.63) is 0 Å². The number of ether oxygens (including phenoxy) is 3. The predicted octanol–water partition coefficient (Wildman–Crippen LogP) is 3.64. The van der Waals surface area contributed by atoms with Gasteiger partial charge in [-0.1, -0.05) is 25.7 Å². The lowest BCUT2D eigenvalue weighted by atomic mass is 9.97. The lowest BCUT2D eigenvalue weighted by molar-refractivity contribution is -0.162. The summed E-state index contributed by atoms with van der Waals surface area (Å²) in [5.74, 6) is -1.05. The summed E-state index contributed by atoms with van der Waals surface area (Å²) in [5.41, 5.74) is 0. The molecule has 1 heterocycles. The van der Waals surface area contributed by atoms with Crippen LogP contribution in [0.25, 0.3) is 0 Å². The summed E-state index contributed by atoms with van der Waals surface area (Å²) in [4.78, 5) is 23.2. The molecule has 1 saturated heterocycles. The van der Waals surface area contributed by atoms with E-state index in [1.54, 1.807) is 6.92 Å². The molecule has 0 aliphatic carbocycles. The molecule has 23 heavy (non-hydrogen) atoms. The average Bonchev–Trinajstić information content (AvgIpc) is 2.54. The van der Waals surface area contributed by atoms with Crippen molar-refractivity contribution >= 4 is 11.8 Å². The maximum atomic E-state index is 11.7. The fraction of sp³-hybridized carbons (Fsp3) is 0.889. The quantitative estimate of drug-likeness (QED) is 0.311. The van der Waals surface area contributed by atoms with E-state index >= 15 is 0 Å². The molecule has 1 aliphatic rings. The fourth-order valence-electron chi connectivity index (χ4n) is 2.77. The number of Topliss-reactive ketones (excluding diaryl/α,β-unsaturated/α-hetero) is 1. The Bertz CT molecular complexity index is 336. The van der Waals surface area contributed by atoms with Crippen LogP contribution in [0.2, 0.25) is 0 Å². The third-order valence-corrected chi connectivity index (χ3v) is 4.14. The summed E-state index contributed by atoms with van der Waals surface area (Å²) in [6, 6.07) is 0. The molecule has 1 rings (SSSR count). The smallest absolute Gasteiger partial charge is 0.316 e. The van der Waals surface area contributed by atoms with E-state index in [0.29, 0.717) is 13.0 Å². The van der Waals surface area contributed by atoms with Crippen LogP contribution in [0.15, 0.2) is 0 Å². The third kappa shape index (κ3) is 9.06. The van der Waals surface area contributed by atoms with Gasteiger partial charge < -0.3 is 14.2 Å². The van der Waals surface area contributed by atoms with E-state index in [2.05, 4.69) is 0 Å². The minimum Gasteiger partial charge on any atom is -0.465 e. The molecule has 0 aromatic carbocycles. The van der Waals surface area contributed by atoms with Crippen molar-refractivity contribution in [1.29, 1.82) is 0 Å². The minimum absolute atomic E-state index is 0.00431. The summed E-state index contributed by atoms with van der Waals surface area (Å²) in [6.07, 6.45) is 9.12. The van der Waals surface area contributed by atoms with Gasteiger partial charge in [0.2, 0.25) is 0 Å². The van der Waals surface area contributed by atoms with Gasteiger partial charge in [-0.05, 0) is 46.0 Å². The second-order valence-corrected chi connectivity index (χ2v) is 6.14. The van der Waals surface area contributed by atoms with Gasteiger partial charge in [0.05, 0.1) is 6.61 Å².